The lowest BCUT2D eigenvalue weighted by Crippen LogP contribution is -2.31. The van der Waals surface area contributed by atoms with Gasteiger partial charge < -0.3 is 4.74 Å². The van der Waals surface area contributed by atoms with Gasteiger partial charge in [0, 0.05) is 10.6 Å². The highest BCUT2D eigenvalue weighted by molar-refractivity contribution is 6.31. The molecule has 1 aliphatic rings. The Kier molecular flexibility index (Phi) is 1.96. The summed E-state index contributed by atoms with van der Waals surface area (Å²) in [5.74, 6) is -3.87. The van der Waals surface area contributed by atoms with Crippen molar-refractivity contribution in [2.45, 2.75) is 5.92 Å². The van der Waals surface area contributed by atoms with E-state index in [1.165, 1.54) is 12.1 Å². The second kappa shape index (κ2) is 2.92. The molecule has 0 radical (unpaired) electrons. The van der Waals surface area contributed by atoms with Gasteiger partial charge in [-0.25, -0.2) is 4.79 Å². The number of alkyl halides is 2. The van der Waals surface area contributed by atoms with Crippen LogP contribution in [0.3, 0.4) is 0 Å². The van der Waals surface area contributed by atoms with Gasteiger partial charge in [-0.15, -0.1) is 0 Å². The van der Waals surface area contributed by atoms with Crippen LogP contribution in [-0.2, 0) is 10.7 Å². The van der Waals surface area contributed by atoms with Gasteiger partial charge in [0.05, 0.1) is 5.56 Å². The van der Waals surface area contributed by atoms with Gasteiger partial charge in [-0.05, 0) is 12.1 Å². The molecule has 1 aromatic carbocycles. The average molecular weight is 219 g/mol. The molecular weight excluding hydrogens is 214 g/mol. The van der Waals surface area contributed by atoms with E-state index >= 15 is 0 Å². The van der Waals surface area contributed by atoms with Crippen LogP contribution in [-0.4, -0.2) is 12.6 Å². The van der Waals surface area contributed by atoms with Gasteiger partial charge in [0.25, 0.3) is 0 Å². The van der Waals surface area contributed by atoms with Crippen molar-refractivity contribution in [1.29, 1.82) is 0 Å². The predicted molar refractivity (Wildman–Crippen MR) is 45.6 cm³/mol. The fourth-order valence-electron chi connectivity index (χ4n) is 1.32. The highest BCUT2D eigenvalue weighted by Crippen LogP contribution is 2.36. The van der Waals surface area contributed by atoms with Gasteiger partial charge in [-0.1, -0.05) is 17.7 Å². The standard InChI is InChI=1S/C9H5ClF2O2/c10-5-1-2-7-6(3-5)8(13)14-4-9(7,11)12/h1-3H,4H2. The summed E-state index contributed by atoms with van der Waals surface area (Å²) in [6, 6.07) is 3.66. The van der Waals surface area contributed by atoms with Crippen LogP contribution in [0.4, 0.5) is 8.78 Å². The van der Waals surface area contributed by atoms with E-state index in [0.29, 0.717) is 0 Å². The third-order valence-electron chi connectivity index (χ3n) is 1.98. The topological polar surface area (TPSA) is 26.3 Å². The molecule has 1 aliphatic heterocycles. The summed E-state index contributed by atoms with van der Waals surface area (Å²) < 4.78 is 30.7. The molecule has 0 aromatic heterocycles. The van der Waals surface area contributed by atoms with Crippen LogP contribution in [0.2, 0.25) is 5.02 Å². The molecule has 0 amide bonds. The minimum absolute atomic E-state index is 0.159. The zero-order valence-electron chi connectivity index (χ0n) is 6.89. The van der Waals surface area contributed by atoms with Crippen LogP contribution in [0.15, 0.2) is 18.2 Å². The molecule has 0 fully saturated rings. The van der Waals surface area contributed by atoms with E-state index in [1.54, 1.807) is 0 Å². The Morgan fingerprint density at radius 1 is 1.43 bits per heavy atom. The fourth-order valence-corrected chi connectivity index (χ4v) is 1.49. The summed E-state index contributed by atoms with van der Waals surface area (Å²) >= 11 is 5.58. The van der Waals surface area contributed by atoms with Crippen LogP contribution < -0.4 is 0 Å². The number of cyclic esters (lactones) is 1. The average Bonchev–Trinajstić information content (AvgIpc) is 2.12. The molecule has 0 spiro atoms. The molecule has 2 rings (SSSR count). The highest BCUT2D eigenvalue weighted by Gasteiger charge is 2.41. The van der Waals surface area contributed by atoms with Gasteiger partial charge in [-0.2, -0.15) is 8.78 Å². The predicted octanol–water partition coefficient (Wildman–Crippen LogP) is 2.60. The molecule has 74 valence electrons. The van der Waals surface area contributed by atoms with E-state index in [-0.39, 0.29) is 16.1 Å². The Morgan fingerprint density at radius 2 is 2.14 bits per heavy atom. The normalized spacial score (nSPS) is 18.6. The van der Waals surface area contributed by atoms with Crippen LogP contribution in [0.5, 0.6) is 0 Å². The van der Waals surface area contributed by atoms with Gasteiger partial charge in [0.2, 0.25) is 0 Å². The summed E-state index contributed by atoms with van der Waals surface area (Å²) in [5.41, 5.74) is -0.480. The molecule has 14 heavy (non-hydrogen) atoms. The first kappa shape index (κ1) is 9.40. The lowest BCUT2D eigenvalue weighted by molar-refractivity contribution is -0.0759. The molecular formula is C9H5ClF2O2. The molecule has 1 heterocycles. The number of benzene rings is 1. The Balaban J connectivity index is 2.63. The second-order valence-electron chi connectivity index (χ2n) is 2.97. The number of hydrogen-bond donors (Lipinski definition) is 0. The summed E-state index contributed by atoms with van der Waals surface area (Å²) in [5, 5.41) is 0.235. The molecule has 0 bridgehead atoms. The Labute approximate surface area is 83.4 Å². The summed E-state index contributed by atoms with van der Waals surface area (Å²) in [7, 11) is 0. The van der Waals surface area contributed by atoms with Gasteiger partial charge >= 0.3 is 11.9 Å². The van der Waals surface area contributed by atoms with Crippen molar-refractivity contribution >= 4 is 17.6 Å². The third kappa shape index (κ3) is 1.35. The number of esters is 1. The van der Waals surface area contributed by atoms with Gasteiger partial charge in [0.1, 0.15) is 0 Å². The van der Waals surface area contributed by atoms with Crippen LogP contribution in [0, 0.1) is 0 Å². The second-order valence-corrected chi connectivity index (χ2v) is 3.41. The summed E-state index contributed by atoms with van der Waals surface area (Å²) in [4.78, 5) is 11.1. The van der Waals surface area contributed by atoms with Crippen molar-refractivity contribution in [3.63, 3.8) is 0 Å². The number of halogens is 3. The lowest BCUT2D eigenvalue weighted by Gasteiger charge is -2.24. The quantitative estimate of drug-likeness (QED) is 0.626. The first-order chi connectivity index (χ1) is 6.50. The molecule has 1 aromatic rings. The molecule has 0 unspecified atom stereocenters. The number of fused-ring (bicyclic) bond motifs is 1. The summed E-state index contributed by atoms with van der Waals surface area (Å²) in [6.07, 6.45) is 0. The lowest BCUT2D eigenvalue weighted by atomic mass is 10.00. The number of carbonyl (C=O) groups excluding carboxylic acids is 1. The van der Waals surface area contributed by atoms with Crippen molar-refractivity contribution in [3.05, 3.63) is 34.3 Å². The van der Waals surface area contributed by atoms with E-state index in [2.05, 4.69) is 4.74 Å². The minimum Gasteiger partial charge on any atom is -0.455 e. The molecule has 0 saturated carbocycles. The maximum absolute atomic E-state index is 13.2. The van der Waals surface area contributed by atoms with Gasteiger partial charge in [0.15, 0.2) is 6.61 Å². The van der Waals surface area contributed by atoms with Crippen LogP contribution in [0.1, 0.15) is 15.9 Å². The van der Waals surface area contributed by atoms with E-state index in [4.69, 9.17) is 11.6 Å². The zero-order valence-corrected chi connectivity index (χ0v) is 7.65. The van der Waals surface area contributed by atoms with E-state index < -0.39 is 18.5 Å². The monoisotopic (exact) mass is 218 g/mol. The first-order valence-corrected chi connectivity index (χ1v) is 4.23. The zero-order chi connectivity index (χ0) is 10.3. The maximum atomic E-state index is 13.2. The minimum atomic E-state index is -3.12. The van der Waals surface area contributed by atoms with Crippen LogP contribution in [0.25, 0.3) is 0 Å². The van der Waals surface area contributed by atoms with Gasteiger partial charge in [-0.3, -0.25) is 0 Å². The Morgan fingerprint density at radius 3 is 2.86 bits per heavy atom. The Hall–Kier alpha value is -1.16. The van der Waals surface area contributed by atoms with E-state index in [9.17, 15) is 13.6 Å². The number of hydrogen-bond acceptors (Lipinski definition) is 2. The third-order valence-corrected chi connectivity index (χ3v) is 2.22. The number of ether oxygens (including phenoxy) is 1. The fraction of sp³-hybridized carbons (Fsp3) is 0.222. The molecule has 0 saturated heterocycles. The van der Waals surface area contributed by atoms with Crippen LogP contribution >= 0.6 is 11.6 Å². The Bertz CT molecular complexity index is 404. The number of carbonyl (C=O) groups is 1. The highest BCUT2D eigenvalue weighted by atomic mass is 35.5. The van der Waals surface area contributed by atoms with E-state index in [0.717, 1.165) is 6.07 Å². The number of rotatable bonds is 0. The molecule has 0 aliphatic carbocycles. The molecule has 0 N–H and O–H groups in total. The largest absolute Gasteiger partial charge is 0.455 e. The smallest absolute Gasteiger partial charge is 0.338 e. The molecule has 5 heteroatoms. The van der Waals surface area contributed by atoms with E-state index in [1.807, 2.05) is 0 Å². The van der Waals surface area contributed by atoms with Crippen molar-refractivity contribution in [1.82, 2.24) is 0 Å². The van der Waals surface area contributed by atoms with Crippen molar-refractivity contribution in [2.24, 2.45) is 0 Å². The van der Waals surface area contributed by atoms with Crippen molar-refractivity contribution in [2.75, 3.05) is 6.61 Å². The van der Waals surface area contributed by atoms with Crippen molar-refractivity contribution < 1.29 is 18.3 Å². The molecule has 2 nitrogen and oxygen atoms in total. The summed E-state index contributed by atoms with van der Waals surface area (Å²) in [6.45, 7) is -0.902. The molecule has 0 atom stereocenters. The van der Waals surface area contributed by atoms with Crippen molar-refractivity contribution in [3.8, 4) is 0 Å². The SMILES string of the molecule is O=C1OCC(F)(F)c2ccc(Cl)cc21. The first-order valence-electron chi connectivity index (χ1n) is 3.86. The maximum Gasteiger partial charge on any atom is 0.338 e.